The lowest BCUT2D eigenvalue weighted by Crippen LogP contribution is -2.53. The van der Waals surface area contributed by atoms with Gasteiger partial charge in [0, 0.05) is 31.6 Å². The molecule has 3 aliphatic rings. The van der Waals surface area contributed by atoms with Crippen LogP contribution in [-0.4, -0.2) is 55.8 Å². The summed E-state index contributed by atoms with van der Waals surface area (Å²) < 4.78 is 16.2. The predicted octanol–water partition coefficient (Wildman–Crippen LogP) is 2.07. The number of piperidine rings is 1. The number of rotatable bonds is 5. The Bertz CT molecular complexity index is 930. The number of hydrogen-bond acceptors (Lipinski definition) is 7. The van der Waals surface area contributed by atoms with Crippen LogP contribution < -0.4 is 24.4 Å². The second-order valence-electron chi connectivity index (χ2n) is 8.15. The number of amides is 1. The summed E-state index contributed by atoms with van der Waals surface area (Å²) in [6.45, 7) is 2.30. The Morgan fingerprint density at radius 2 is 1.97 bits per heavy atom. The summed E-state index contributed by atoms with van der Waals surface area (Å²) in [6, 6.07) is 8.13. The molecule has 3 heterocycles. The molecule has 0 spiro atoms. The van der Waals surface area contributed by atoms with Crippen molar-refractivity contribution in [2.24, 2.45) is 11.8 Å². The van der Waals surface area contributed by atoms with Gasteiger partial charge in [-0.05, 0) is 36.3 Å². The van der Waals surface area contributed by atoms with Gasteiger partial charge >= 0.3 is 6.01 Å². The number of hydrogen-bond donors (Lipinski definition) is 1. The molecule has 1 unspecified atom stereocenters. The summed E-state index contributed by atoms with van der Waals surface area (Å²) in [4.78, 5) is 24.0. The van der Waals surface area contributed by atoms with Gasteiger partial charge in [-0.25, -0.2) is 0 Å². The average Bonchev–Trinajstić information content (AvgIpc) is 3.34. The van der Waals surface area contributed by atoms with Gasteiger partial charge in [0.1, 0.15) is 11.6 Å². The minimum atomic E-state index is -0.0329. The van der Waals surface area contributed by atoms with E-state index in [-0.39, 0.29) is 11.9 Å². The van der Waals surface area contributed by atoms with Gasteiger partial charge in [-0.2, -0.15) is 9.97 Å². The fourth-order valence-corrected chi connectivity index (χ4v) is 5.02. The van der Waals surface area contributed by atoms with Crippen molar-refractivity contribution in [3.05, 3.63) is 35.4 Å². The molecule has 1 aliphatic carbocycles. The predicted molar refractivity (Wildman–Crippen MR) is 110 cm³/mol. The highest BCUT2D eigenvalue weighted by molar-refractivity contribution is 5.97. The van der Waals surface area contributed by atoms with Crippen LogP contribution in [0, 0.1) is 11.8 Å². The van der Waals surface area contributed by atoms with E-state index in [4.69, 9.17) is 14.2 Å². The summed E-state index contributed by atoms with van der Waals surface area (Å²) >= 11 is 0. The molecule has 3 atom stereocenters. The Hall–Kier alpha value is -3.03. The van der Waals surface area contributed by atoms with E-state index in [1.165, 1.54) is 0 Å². The third kappa shape index (κ3) is 3.30. The van der Waals surface area contributed by atoms with Crippen LogP contribution in [0.5, 0.6) is 17.6 Å². The molecular weight excluding hydrogens is 384 g/mol. The van der Waals surface area contributed by atoms with E-state index in [0.717, 1.165) is 49.5 Å². The number of methoxy groups -OCH3 is 2. The molecule has 1 aromatic heterocycles. The van der Waals surface area contributed by atoms with Gasteiger partial charge in [0.2, 0.25) is 5.88 Å². The molecule has 2 bridgehead atoms. The molecule has 2 fully saturated rings. The number of nitrogens with one attached hydrogen (secondary N) is 1. The first kappa shape index (κ1) is 19.0. The Morgan fingerprint density at radius 1 is 1.17 bits per heavy atom. The molecule has 8 heteroatoms. The van der Waals surface area contributed by atoms with Crippen molar-refractivity contribution in [1.29, 1.82) is 0 Å². The van der Waals surface area contributed by atoms with E-state index < -0.39 is 0 Å². The lowest BCUT2D eigenvalue weighted by atomic mass is 9.91. The number of aromatic nitrogens is 2. The number of para-hydroxylation sites is 1. The Balaban J connectivity index is 1.32. The van der Waals surface area contributed by atoms with Gasteiger partial charge < -0.3 is 24.4 Å². The molecule has 1 aromatic carbocycles. The maximum absolute atomic E-state index is 13.1. The van der Waals surface area contributed by atoms with Crippen molar-refractivity contribution in [2.45, 2.75) is 25.3 Å². The maximum Gasteiger partial charge on any atom is 0.321 e. The third-order valence-corrected chi connectivity index (χ3v) is 6.47. The lowest BCUT2D eigenvalue weighted by Gasteiger charge is -2.39. The van der Waals surface area contributed by atoms with E-state index in [2.05, 4.69) is 20.2 Å². The molecule has 5 rings (SSSR count). The zero-order valence-corrected chi connectivity index (χ0v) is 17.3. The molecule has 8 nitrogen and oxygen atoms in total. The molecule has 2 aliphatic heterocycles. The van der Waals surface area contributed by atoms with Crippen LogP contribution in [0.1, 0.15) is 28.8 Å². The number of benzene rings is 1. The molecule has 1 N–H and O–H groups in total. The van der Waals surface area contributed by atoms with Crippen LogP contribution in [0.2, 0.25) is 0 Å². The molecule has 1 saturated heterocycles. The zero-order chi connectivity index (χ0) is 20.7. The Labute approximate surface area is 175 Å². The van der Waals surface area contributed by atoms with Crippen LogP contribution >= 0.6 is 0 Å². The van der Waals surface area contributed by atoms with Gasteiger partial charge in [-0.1, -0.05) is 12.1 Å². The maximum atomic E-state index is 13.1. The summed E-state index contributed by atoms with van der Waals surface area (Å²) in [6.07, 6.45) is 3.05. The van der Waals surface area contributed by atoms with E-state index >= 15 is 0 Å². The second kappa shape index (κ2) is 7.66. The number of anilines is 1. The van der Waals surface area contributed by atoms with E-state index in [0.29, 0.717) is 35.9 Å². The second-order valence-corrected chi connectivity index (χ2v) is 8.15. The fourth-order valence-electron chi connectivity index (χ4n) is 5.02. The van der Waals surface area contributed by atoms with E-state index in [1.807, 2.05) is 24.3 Å². The normalized spacial score (nSPS) is 24.2. The van der Waals surface area contributed by atoms with Crippen molar-refractivity contribution >= 4 is 11.7 Å². The van der Waals surface area contributed by atoms with Crippen molar-refractivity contribution < 1.29 is 19.0 Å². The quantitative estimate of drug-likeness (QED) is 0.808. The first-order chi connectivity index (χ1) is 14.7. The van der Waals surface area contributed by atoms with Crippen LogP contribution in [-0.2, 0) is 6.42 Å². The van der Waals surface area contributed by atoms with Crippen molar-refractivity contribution in [1.82, 2.24) is 15.3 Å². The van der Waals surface area contributed by atoms with Crippen LogP contribution in [0.25, 0.3) is 0 Å². The number of fused-ring (bicyclic) bond motifs is 3. The monoisotopic (exact) mass is 410 g/mol. The minimum absolute atomic E-state index is 0.0329. The summed E-state index contributed by atoms with van der Waals surface area (Å²) in [7, 11) is 3.13. The largest absolute Gasteiger partial charge is 0.492 e. The fraction of sp³-hybridized carbons (Fsp3) is 0.500. The van der Waals surface area contributed by atoms with E-state index in [1.54, 1.807) is 14.2 Å². The zero-order valence-electron chi connectivity index (χ0n) is 17.3. The Kier molecular flexibility index (Phi) is 4.84. The molecule has 1 amide bonds. The molecule has 1 saturated carbocycles. The summed E-state index contributed by atoms with van der Waals surface area (Å²) in [5.74, 6) is 2.75. The van der Waals surface area contributed by atoms with E-state index in [9.17, 15) is 4.79 Å². The molecule has 0 radical (unpaired) electrons. The van der Waals surface area contributed by atoms with Gasteiger partial charge in [0.05, 0.1) is 26.4 Å². The smallest absolute Gasteiger partial charge is 0.321 e. The van der Waals surface area contributed by atoms with Crippen LogP contribution in [0.3, 0.4) is 0 Å². The third-order valence-electron chi connectivity index (χ3n) is 6.47. The van der Waals surface area contributed by atoms with Gasteiger partial charge in [-0.15, -0.1) is 0 Å². The van der Waals surface area contributed by atoms with Crippen LogP contribution in [0.4, 0.5) is 5.82 Å². The first-order valence-corrected chi connectivity index (χ1v) is 10.4. The molecule has 2 aromatic rings. The van der Waals surface area contributed by atoms with Crippen molar-refractivity contribution in [3.63, 3.8) is 0 Å². The Morgan fingerprint density at radius 3 is 2.70 bits per heavy atom. The lowest BCUT2D eigenvalue weighted by molar-refractivity contribution is 0.0907. The number of ether oxygens (including phenoxy) is 3. The minimum Gasteiger partial charge on any atom is -0.492 e. The first-order valence-electron chi connectivity index (χ1n) is 10.4. The molecule has 158 valence electrons. The van der Waals surface area contributed by atoms with Crippen molar-refractivity contribution in [2.75, 3.05) is 38.8 Å². The number of carbonyl (C=O) groups is 1. The highest BCUT2D eigenvalue weighted by Crippen LogP contribution is 2.39. The topological polar surface area (TPSA) is 85.8 Å². The number of nitrogens with zero attached hydrogens (tertiary/aromatic N) is 3. The summed E-state index contributed by atoms with van der Waals surface area (Å²) in [5.41, 5.74) is 1.77. The standard InChI is InChI=1S/C22H26N4O4/c1-28-18-10-17(23-22(24-18)29-2)26-11-14-6-7-15(12-26)19(14)25-21(27)16-5-3-4-13-8-9-30-20(13)16/h3-5,10,14-15,19H,6-9,11-12H2,1-2H3,(H,25,27)/t14-,15+,19?. The summed E-state index contributed by atoms with van der Waals surface area (Å²) in [5, 5.41) is 3.32. The highest BCUT2D eigenvalue weighted by Gasteiger charge is 2.43. The van der Waals surface area contributed by atoms with Crippen LogP contribution in [0.15, 0.2) is 24.3 Å². The average molecular weight is 410 g/mol. The molecular formula is C22H26N4O4. The highest BCUT2D eigenvalue weighted by atomic mass is 16.5. The van der Waals surface area contributed by atoms with Gasteiger partial charge in [0.15, 0.2) is 0 Å². The molecule has 30 heavy (non-hydrogen) atoms. The number of carbonyl (C=O) groups excluding carboxylic acids is 1. The SMILES string of the molecule is COc1cc(N2C[C@H]3CC[C@@H](C2)C3NC(=O)c2cccc3c2OCC3)nc(OC)n1. The van der Waals surface area contributed by atoms with Gasteiger partial charge in [0.25, 0.3) is 5.91 Å². The van der Waals surface area contributed by atoms with Gasteiger partial charge in [-0.3, -0.25) is 4.79 Å². The van der Waals surface area contributed by atoms with Crippen molar-refractivity contribution in [3.8, 4) is 17.6 Å².